The van der Waals surface area contributed by atoms with Crippen molar-refractivity contribution in [3.63, 3.8) is 0 Å². The minimum atomic E-state index is -3.24. The first-order chi connectivity index (χ1) is 9.51. The van der Waals surface area contributed by atoms with Crippen LogP contribution >= 0.6 is 0 Å². The third kappa shape index (κ3) is 4.02. The van der Waals surface area contributed by atoms with Crippen LogP contribution in [0.2, 0.25) is 0 Å². The molecule has 1 aliphatic rings. The second kappa shape index (κ2) is 6.67. The van der Waals surface area contributed by atoms with E-state index in [4.69, 9.17) is 5.73 Å². The Bertz CT molecular complexity index is 520. The first-order valence-electron chi connectivity index (χ1n) is 6.93. The molecule has 1 aromatic rings. The number of aliphatic hydroxyl groups is 1. The van der Waals surface area contributed by atoms with Crippen molar-refractivity contribution >= 4 is 9.84 Å². The van der Waals surface area contributed by atoms with Crippen molar-refractivity contribution in [2.75, 3.05) is 25.4 Å². The Labute approximate surface area is 120 Å². The normalized spacial score (nSPS) is 18.3. The number of nitrogens with zero attached hydrogens (tertiary/aromatic N) is 1. The lowest BCUT2D eigenvalue weighted by atomic mass is 10.1. The lowest BCUT2D eigenvalue weighted by Gasteiger charge is -2.29. The van der Waals surface area contributed by atoms with Gasteiger partial charge in [0.25, 0.3) is 0 Å². The van der Waals surface area contributed by atoms with E-state index in [0.29, 0.717) is 18.0 Å². The van der Waals surface area contributed by atoms with E-state index < -0.39 is 9.84 Å². The molecular weight excluding hydrogens is 276 g/mol. The molecule has 0 atom stereocenters. The number of aliphatic hydroxyl groups excluding tert-OH is 1. The molecule has 0 unspecified atom stereocenters. The summed E-state index contributed by atoms with van der Waals surface area (Å²) >= 11 is 0. The van der Waals surface area contributed by atoms with Crippen molar-refractivity contribution in [2.45, 2.75) is 30.4 Å². The van der Waals surface area contributed by atoms with Gasteiger partial charge in [-0.05, 0) is 30.5 Å². The second-order valence-electron chi connectivity index (χ2n) is 5.24. The van der Waals surface area contributed by atoms with Crippen molar-refractivity contribution in [1.82, 2.24) is 4.90 Å². The quantitative estimate of drug-likeness (QED) is 0.821. The van der Waals surface area contributed by atoms with Crippen LogP contribution in [-0.4, -0.2) is 49.9 Å². The van der Waals surface area contributed by atoms with Crippen LogP contribution in [0.3, 0.4) is 0 Å². The van der Waals surface area contributed by atoms with E-state index in [2.05, 4.69) is 4.90 Å². The molecule has 1 aromatic carbocycles. The number of benzene rings is 1. The topological polar surface area (TPSA) is 83.6 Å². The van der Waals surface area contributed by atoms with Crippen molar-refractivity contribution in [3.8, 4) is 0 Å². The van der Waals surface area contributed by atoms with Crippen LogP contribution in [0.4, 0.5) is 0 Å². The molecule has 2 rings (SSSR count). The van der Waals surface area contributed by atoms with Crippen LogP contribution in [0.5, 0.6) is 0 Å². The third-order valence-corrected chi connectivity index (χ3v) is 5.46. The highest BCUT2D eigenvalue weighted by molar-refractivity contribution is 7.91. The van der Waals surface area contributed by atoms with E-state index in [-0.39, 0.29) is 11.9 Å². The summed E-state index contributed by atoms with van der Waals surface area (Å²) in [6.07, 6.45) is 1.22. The number of likely N-dealkylation sites (tertiary alicyclic amines) is 1. The first kappa shape index (κ1) is 15.4. The Morgan fingerprint density at radius 3 is 2.35 bits per heavy atom. The summed E-state index contributed by atoms with van der Waals surface area (Å²) < 4.78 is 24.5. The van der Waals surface area contributed by atoms with Crippen LogP contribution < -0.4 is 5.73 Å². The molecule has 20 heavy (non-hydrogen) atoms. The number of piperidine rings is 1. The molecular formula is C14H22N2O3S. The molecule has 0 aromatic heterocycles. The van der Waals surface area contributed by atoms with Gasteiger partial charge in [0.2, 0.25) is 0 Å². The van der Waals surface area contributed by atoms with Crippen LogP contribution in [0.15, 0.2) is 29.2 Å². The smallest absolute Gasteiger partial charge is 0.179 e. The molecule has 0 spiro atoms. The maximum absolute atomic E-state index is 12.2. The maximum Gasteiger partial charge on any atom is 0.179 e. The molecule has 3 N–H and O–H groups in total. The number of hydrogen-bond acceptors (Lipinski definition) is 5. The van der Waals surface area contributed by atoms with Gasteiger partial charge < -0.3 is 15.7 Å². The Hall–Kier alpha value is -0.950. The van der Waals surface area contributed by atoms with Gasteiger partial charge in [-0.25, -0.2) is 8.42 Å². The number of sulfone groups is 1. The van der Waals surface area contributed by atoms with E-state index in [0.717, 1.165) is 31.5 Å². The Morgan fingerprint density at radius 2 is 1.80 bits per heavy atom. The average molecular weight is 298 g/mol. The summed E-state index contributed by atoms with van der Waals surface area (Å²) in [5, 5.41) is 9.43. The summed E-state index contributed by atoms with van der Waals surface area (Å²) in [7, 11) is -3.24. The zero-order valence-corrected chi connectivity index (χ0v) is 12.3. The SMILES string of the molecule is NCc1ccc(S(=O)(=O)CCN2CCC(O)CC2)cc1. The van der Waals surface area contributed by atoms with Crippen LogP contribution in [-0.2, 0) is 16.4 Å². The molecule has 5 nitrogen and oxygen atoms in total. The third-order valence-electron chi connectivity index (χ3n) is 3.75. The summed E-state index contributed by atoms with van der Waals surface area (Å²) in [6.45, 7) is 2.47. The van der Waals surface area contributed by atoms with Gasteiger partial charge in [-0.15, -0.1) is 0 Å². The summed E-state index contributed by atoms with van der Waals surface area (Å²) in [6, 6.07) is 6.75. The molecule has 6 heteroatoms. The molecule has 0 aliphatic carbocycles. The van der Waals surface area contributed by atoms with E-state index in [9.17, 15) is 13.5 Å². The predicted octanol–water partition coefficient (Wildman–Crippen LogP) is 0.376. The van der Waals surface area contributed by atoms with Crippen molar-refractivity contribution in [3.05, 3.63) is 29.8 Å². The van der Waals surface area contributed by atoms with Crippen molar-refractivity contribution in [1.29, 1.82) is 0 Å². The molecule has 1 fully saturated rings. The van der Waals surface area contributed by atoms with Gasteiger partial charge >= 0.3 is 0 Å². The molecule has 1 aliphatic heterocycles. The maximum atomic E-state index is 12.2. The fourth-order valence-electron chi connectivity index (χ4n) is 2.34. The minimum absolute atomic E-state index is 0.116. The van der Waals surface area contributed by atoms with Crippen molar-refractivity contribution < 1.29 is 13.5 Å². The van der Waals surface area contributed by atoms with Crippen LogP contribution in [0.25, 0.3) is 0 Å². The second-order valence-corrected chi connectivity index (χ2v) is 7.35. The molecule has 112 valence electrons. The monoisotopic (exact) mass is 298 g/mol. The number of nitrogens with two attached hydrogens (primary N) is 1. The fraction of sp³-hybridized carbons (Fsp3) is 0.571. The summed E-state index contributed by atoms with van der Waals surface area (Å²) in [4.78, 5) is 2.45. The summed E-state index contributed by atoms with van der Waals surface area (Å²) in [5.74, 6) is 0.116. The van der Waals surface area contributed by atoms with E-state index in [1.165, 1.54) is 0 Å². The van der Waals surface area contributed by atoms with Gasteiger partial charge in [0, 0.05) is 26.2 Å². The van der Waals surface area contributed by atoms with Crippen LogP contribution in [0.1, 0.15) is 18.4 Å². The van der Waals surface area contributed by atoms with E-state index in [1.807, 2.05) is 0 Å². The first-order valence-corrected chi connectivity index (χ1v) is 8.58. The Balaban J connectivity index is 1.93. The van der Waals surface area contributed by atoms with Gasteiger partial charge in [-0.3, -0.25) is 0 Å². The lowest BCUT2D eigenvalue weighted by molar-refractivity contribution is 0.0855. The highest BCUT2D eigenvalue weighted by Crippen LogP contribution is 2.14. The highest BCUT2D eigenvalue weighted by atomic mass is 32.2. The average Bonchev–Trinajstić information content (AvgIpc) is 2.47. The molecule has 0 saturated carbocycles. The van der Waals surface area contributed by atoms with Crippen molar-refractivity contribution in [2.24, 2.45) is 5.73 Å². The van der Waals surface area contributed by atoms with E-state index >= 15 is 0 Å². The Morgan fingerprint density at radius 1 is 1.20 bits per heavy atom. The molecule has 1 heterocycles. The fourth-order valence-corrected chi connectivity index (χ4v) is 3.63. The molecule has 1 saturated heterocycles. The van der Waals surface area contributed by atoms with E-state index in [1.54, 1.807) is 24.3 Å². The minimum Gasteiger partial charge on any atom is -0.393 e. The highest BCUT2D eigenvalue weighted by Gasteiger charge is 2.20. The zero-order valence-electron chi connectivity index (χ0n) is 11.5. The zero-order chi connectivity index (χ0) is 14.6. The molecule has 0 amide bonds. The van der Waals surface area contributed by atoms with Gasteiger partial charge in [0.15, 0.2) is 9.84 Å². The standard InChI is InChI=1S/C14H22N2O3S/c15-11-12-1-3-14(4-2-12)20(18,19)10-9-16-7-5-13(17)6-8-16/h1-4,13,17H,5-11,15H2. The van der Waals surface area contributed by atoms with Gasteiger partial charge in [-0.2, -0.15) is 0 Å². The number of rotatable bonds is 5. The largest absolute Gasteiger partial charge is 0.393 e. The molecule has 0 bridgehead atoms. The lowest BCUT2D eigenvalue weighted by Crippen LogP contribution is -2.38. The molecule has 0 radical (unpaired) electrons. The predicted molar refractivity (Wildman–Crippen MR) is 78.1 cm³/mol. The van der Waals surface area contributed by atoms with Gasteiger partial charge in [0.05, 0.1) is 16.8 Å². The summed E-state index contributed by atoms with van der Waals surface area (Å²) in [5.41, 5.74) is 6.42. The number of hydrogen-bond donors (Lipinski definition) is 2. The van der Waals surface area contributed by atoms with Crippen LogP contribution in [0, 0.1) is 0 Å². The van der Waals surface area contributed by atoms with Gasteiger partial charge in [-0.1, -0.05) is 12.1 Å². The van der Waals surface area contributed by atoms with Gasteiger partial charge in [0.1, 0.15) is 0 Å². The Kier molecular flexibility index (Phi) is 5.15.